The molecule has 0 saturated heterocycles. The number of pyridine rings is 1. The van der Waals surface area contributed by atoms with Gasteiger partial charge in [-0.2, -0.15) is 0 Å². The van der Waals surface area contributed by atoms with E-state index in [1.807, 2.05) is 0 Å². The number of rotatable bonds is 4. The second-order valence-corrected chi connectivity index (χ2v) is 3.30. The van der Waals surface area contributed by atoms with Gasteiger partial charge in [0.05, 0.1) is 0 Å². The van der Waals surface area contributed by atoms with Crippen molar-refractivity contribution in [3.63, 3.8) is 0 Å². The summed E-state index contributed by atoms with van der Waals surface area (Å²) in [5.74, 6) is 2.27. The number of nitrogens with one attached hydrogen (secondary N) is 1. The smallest absolute Gasteiger partial charge is 0.269 e. The van der Waals surface area contributed by atoms with Crippen LogP contribution in [0.15, 0.2) is 18.2 Å². The third kappa shape index (κ3) is 4.01. The van der Waals surface area contributed by atoms with Crippen molar-refractivity contribution in [1.82, 2.24) is 10.3 Å². The Morgan fingerprint density at radius 3 is 3.07 bits per heavy atom. The average Bonchev–Trinajstić information content (AvgIpc) is 2.24. The summed E-state index contributed by atoms with van der Waals surface area (Å²) in [4.78, 5) is 15.4. The van der Waals surface area contributed by atoms with E-state index in [-0.39, 0.29) is 5.91 Å². The van der Waals surface area contributed by atoms with Crippen LogP contribution in [0.4, 0.5) is 0 Å². The molecule has 0 aliphatic carbocycles. The minimum Gasteiger partial charge on any atom is -0.351 e. The predicted octanol–water partition coefficient (Wildman–Crippen LogP) is 1.88. The van der Waals surface area contributed by atoms with Gasteiger partial charge in [0.15, 0.2) is 0 Å². The van der Waals surface area contributed by atoms with Crippen molar-refractivity contribution in [3.8, 4) is 12.3 Å². The van der Waals surface area contributed by atoms with E-state index in [4.69, 9.17) is 18.0 Å². The number of terminal acetylenes is 1. The number of hydrogen-bond donors (Lipinski definition) is 1. The standard InChI is InChI=1S/C11H11ClN2O/c1-2-3-4-8-13-11(15)9-6-5-7-10(12)14-9/h1,5-7H,3-4,8H2,(H,13,15). The lowest BCUT2D eigenvalue weighted by atomic mass is 10.3. The van der Waals surface area contributed by atoms with Gasteiger partial charge in [-0.1, -0.05) is 17.7 Å². The first-order valence-electron chi connectivity index (χ1n) is 4.58. The molecule has 0 spiro atoms. The van der Waals surface area contributed by atoms with Gasteiger partial charge in [-0.25, -0.2) is 4.98 Å². The molecular weight excluding hydrogens is 212 g/mol. The monoisotopic (exact) mass is 222 g/mol. The van der Waals surface area contributed by atoms with Crippen LogP contribution >= 0.6 is 11.6 Å². The fourth-order valence-corrected chi connectivity index (χ4v) is 1.18. The maximum absolute atomic E-state index is 11.5. The highest BCUT2D eigenvalue weighted by molar-refractivity contribution is 6.29. The van der Waals surface area contributed by atoms with Crippen LogP contribution in [-0.4, -0.2) is 17.4 Å². The van der Waals surface area contributed by atoms with Gasteiger partial charge in [0.1, 0.15) is 10.8 Å². The third-order valence-electron chi connectivity index (χ3n) is 1.73. The first kappa shape index (κ1) is 11.5. The number of hydrogen-bond acceptors (Lipinski definition) is 2. The van der Waals surface area contributed by atoms with E-state index < -0.39 is 0 Å². The summed E-state index contributed by atoms with van der Waals surface area (Å²) >= 11 is 5.66. The average molecular weight is 223 g/mol. The van der Waals surface area contributed by atoms with E-state index in [0.717, 1.165) is 6.42 Å². The summed E-state index contributed by atoms with van der Waals surface area (Å²) < 4.78 is 0. The van der Waals surface area contributed by atoms with Crippen molar-refractivity contribution in [3.05, 3.63) is 29.0 Å². The summed E-state index contributed by atoms with van der Waals surface area (Å²) in [6, 6.07) is 4.92. The number of carbonyl (C=O) groups excluding carboxylic acids is 1. The summed E-state index contributed by atoms with van der Waals surface area (Å²) in [5.41, 5.74) is 0.322. The largest absolute Gasteiger partial charge is 0.351 e. The van der Waals surface area contributed by atoms with Crippen LogP contribution in [0, 0.1) is 12.3 Å². The molecule has 0 aromatic carbocycles. The normalized spacial score (nSPS) is 9.33. The molecule has 0 unspecified atom stereocenters. The zero-order chi connectivity index (χ0) is 11.1. The van der Waals surface area contributed by atoms with Crippen LogP contribution in [0.3, 0.4) is 0 Å². The minimum absolute atomic E-state index is 0.227. The number of halogens is 1. The fourth-order valence-electron chi connectivity index (χ4n) is 1.02. The van der Waals surface area contributed by atoms with Crippen LogP contribution in [0.5, 0.6) is 0 Å². The van der Waals surface area contributed by atoms with Crippen molar-refractivity contribution in [2.24, 2.45) is 0 Å². The molecule has 0 fully saturated rings. The van der Waals surface area contributed by atoms with E-state index in [0.29, 0.717) is 23.8 Å². The second-order valence-electron chi connectivity index (χ2n) is 2.91. The van der Waals surface area contributed by atoms with E-state index in [1.54, 1.807) is 18.2 Å². The van der Waals surface area contributed by atoms with Crippen LogP contribution in [0.1, 0.15) is 23.3 Å². The molecule has 1 aromatic heterocycles. The summed E-state index contributed by atoms with van der Waals surface area (Å²) in [6.07, 6.45) is 6.51. The van der Waals surface area contributed by atoms with Crippen LogP contribution in [0.2, 0.25) is 5.15 Å². The number of unbranched alkanes of at least 4 members (excludes halogenated alkanes) is 1. The summed E-state index contributed by atoms with van der Waals surface area (Å²) in [5, 5.41) is 3.02. The molecular formula is C11H11ClN2O. The molecule has 1 heterocycles. The van der Waals surface area contributed by atoms with Gasteiger partial charge in [0.25, 0.3) is 5.91 Å². The molecule has 1 amide bonds. The topological polar surface area (TPSA) is 42.0 Å². The van der Waals surface area contributed by atoms with Crippen molar-refractivity contribution in [2.75, 3.05) is 6.54 Å². The van der Waals surface area contributed by atoms with Crippen LogP contribution in [-0.2, 0) is 0 Å². The molecule has 0 radical (unpaired) electrons. The van der Waals surface area contributed by atoms with Crippen molar-refractivity contribution < 1.29 is 4.79 Å². The molecule has 3 nitrogen and oxygen atoms in total. The van der Waals surface area contributed by atoms with Crippen LogP contribution in [0.25, 0.3) is 0 Å². The van der Waals surface area contributed by atoms with Gasteiger partial charge >= 0.3 is 0 Å². The third-order valence-corrected chi connectivity index (χ3v) is 1.94. The van der Waals surface area contributed by atoms with Gasteiger partial charge in [-0.3, -0.25) is 4.79 Å². The van der Waals surface area contributed by atoms with Crippen molar-refractivity contribution in [2.45, 2.75) is 12.8 Å². The molecule has 1 N–H and O–H groups in total. The Hall–Kier alpha value is -1.53. The van der Waals surface area contributed by atoms with Crippen molar-refractivity contribution >= 4 is 17.5 Å². The molecule has 0 aliphatic heterocycles. The Labute approximate surface area is 93.9 Å². The van der Waals surface area contributed by atoms with E-state index in [2.05, 4.69) is 16.2 Å². The zero-order valence-corrected chi connectivity index (χ0v) is 8.92. The van der Waals surface area contributed by atoms with E-state index in [9.17, 15) is 4.79 Å². The Morgan fingerprint density at radius 2 is 2.40 bits per heavy atom. The first-order valence-corrected chi connectivity index (χ1v) is 4.96. The highest BCUT2D eigenvalue weighted by Gasteiger charge is 2.05. The molecule has 0 atom stereocenters. The zero-order valence-electron chi connectivity index (χ0n) is 8.16. The number of aromatic nitrogens is 1. The lowest BCUT2D eigenvalue weighted by molar-refractivity contribution is 0.0948. The van der Waals surface area contributed by atoms with Crippen molar-refractivity contribution in [1.29, 1.82) is 0 Å². The molecule has 0 aliphatic rings. The minimum atomic E-state index is -0.227. The first-order chi connectivity index (χ1) is 7.24. The molecule has 1 rings (SSSR count). The molecule has 15 heavy (non-hydrogen) atoms. The maximum atomic E-state index is 11.5. The lowest BCUT2D eigenvalue weighted by Gasteiger charge is -2.02. The Morgan fingerprint density at radius 1 is 1.60 bits per heavy atom. The van der Waals surface area contributed by atoms with Gasteiger partial charge < -0.3 is 5.32 Å². The van der Waals surface area contributed by atoms with Gasteiger partial charge in [0.2, 0.25) is 0 Å². The number of carbonyl (C=O) groups is 1. The summed E-state index contributed by atoms with van der Waals surface area (Å²) in [7, 11) is 0. The molecule has 4 heteroatoms. The molecule has 0 saturated carbocycles. The van der Waals surface area contributed by atoms with Gasteiger partial charge in [-0.05, 0) is 18.6 Å². The fraction of sp³-hybridized carbons (Fsp3) is 0.273. The number of amides is 1. The van der Waals surface area contributed by atoms with Gasteiger partial charge in [0, 0.05) is 13.0 Å². The summed E-state index contributed by atoms with van der Waals surface area (Å²) in [6.45, 7) is 0.553. The second kappa shape index (κ2) is 6.05. The van der Waals surface area contributed by atoms with Crippen LogP contribution < -0.4 is 5.32 Å². The molecule has 78 valence electrons. The highest BCUT2D eigenvalue weighted by atomic mass is 35.5. The van der Waals surface area contributed by atoms with E-state index >= 15 is 0 Å². The quantitative estimate of drug-likeness (QED) is 0.480. The highest BCUT2D eigenvalue weighted by Crippen LogP contribution is 2.04. The van der Waals surface area contributed by atoms with E-state index in [1.165, 1.54) is 0 Å². The predicted molar refractivity (Wildman–Crippen MR) is 59.6 cm³/mol. The Kier molecular flexibility index (Phi) is 4.65. The molecule has 1 aromatic rings. The van der Waals surface area contributed by atoms with Gasteiger partial charge in [-0.15, -0.1) is 12.3 Å². The Bertz CT molecular complexity index is 384. The maximum Gasteiger partial charge on any atom is 0.269 e. The Balaban J connectivity index is 2.44. The number of nitrogens with zero attached hydrogens (tertiary/aromatic N) is 1. The molecule has 0 bridgehead atoms. The lowest BCUT2D eigenvalue weighted by Crippen LogP contribution is -2.25. The SMILES string of the molecule is C#CCCCNC(=O)c1cccc(Cl)n1.